The molecular weight excluding hydrogens is 344 g/mol. The normalized spacial score (nSPS) is 11.5. The van der Waals surface area contributed by atoms with Crippen LogP contribution < -0.4 is 5.32 Å². The molecule has 0 aliphatic heterocycles. The van der Waals surface area contributed by atoms with Crippen molar-refractivity contribution >= 4 is 0 Å². The Bertz CT molecular complexity index is 318. The fourth-order valence-corrected chi connectivity index (χ4v) is 3.60. The molecule has 0 spiro atoms. The van der Waals surface area contributed by atoms with Gasteiger partial charge in [0.15, 0.2) is 0 Å². The van der Waals surface area contributed by atoms with Crippen LogP contribution >= 0.6 is 0 Å². The van der Waals surface area contributed by atoms with Crippen molar-refractivity contribution in [1.82, 2.24) is 5.32 Å². The molecule has 0 aromatic carbocycles. The zero-order valence-corrected chi connectivity index (χ0v) is 19.1. The maximum Gasteiger partial charge on any atom is 0.0823 e. The maximum absolute atomic E-state index is 9.95. The molecule has 0 atom stereocenters. The Kier molecular flexibility index (Phi) is 25.6. The zero-order valence-electron chi connectivity index (χ0n) is 19.1. The van der Waals surface area contributed by atoms with Crippen LogP contribution in [0.15, 0.2) is 17.3 Å². The summed E-state index contributed by atoms with van der Waals surface area (Å²) in [7, 11) is 0. The molecule has 3 heteroatoms. The van der Waals surface area contributed by atoms with E-state index >= 15 is 0 Å². The van der Waals surface area contributed by atoms with Crippen molar-refractivity contribution in [1.29, 1.82) is 0 Å². The minimum Gasteiger partial charge on any atom is -0.317 e. The minimum atomic E-state index is 0.447. The van der Waals surface area contributed by atoms with E-state index in [2.05, 4.69) is 29.6 Å². The van der Waals surface area contributed by atoms with Gasteiger partial charge in [0.2, 0.25) is 0 Å². The van der Waals surface area contributed by atoms with Gasteiger partial charge in [0.25, 0.3) is 0 Å². The number of hydrogen-bond donors (Lipinski definition) is 1. The Labute approximate surface area is 176 Å². The van der Waals surface area contributed by atoms with E-state index < -0.39 is 0 Å². The first kappa shape index (κ1) is 27.3. The predicted molar refractivity (Wildman–Crippen MR) is 126 cm³/mol. The molecule has 0 fully saturated rings. The van der Waals surface area contributed by atoms with E-state index in [0.29, 0.717) is 6.54 Å². The monoisotopic (exact) mass is 394 g/mol. The van der Waals surface area contributed by atoms with Crippen LogP contribution in [-0.2, 0) is 0 Å². The van der Waals surface area contributed by atoms with Gasteiger partial charge in [-0.2, -0.15) is 4.91 Å². The van der Waals surface area contributed by atoms with E-state index in [9.17, 15) is 4.91 Å². The summed E-state index contributed by atoms with van der Waals surface area (Å²) < 4.78 is 0. The lowest BCUT2D eigenvalue weighted by Crippen LogP contribution is -2.17. The highest BCUT2D eigenvalue weighted by Crippen LogP contribution is 2.12. The van der Waals surface area contributed by atoms with Gasteiger partial charge in [-0.25, -0.2) is 0 Å². The van der Waals surface area contributed by atoms with Crippen LogP contribution in [0.25, 0.3) is 0 Å². The molecule has 3 nitrogen and oxygen atoms in total. The Balaban J connectivity index is 3.04. The van der Waals surface area contributed by atoms with Crippen molar-refractivity contribution in [2.45, 2.75) is 129 Å². The summed E-state index contributed by atoms with van der Waals surface area (Å²) in [6, 6.07) is 0. The Morgan fingerprint density at radius 1 is 0.571 bits per heavy atom. The molecule has 0 aliphatic rings. The highest BCUT2D eigenvalue weighted by atomic mass is 16.3. The SMILES string of the molecule is CCCCCCCC/C=C\CCCCCCCCCCCCNCCCN=O. The van der Waals surface area contributed by atoms with E-state index in [4.69, 9.17) is 0 Å². The van der Waals surface area contributed by atoms with Gasteiger partial charge < -0.3 is 5.32 Å². The van der Waals surface area contributed by atoms with Gasteiger partial charge >= 0.3 is 0 Å². The van der Waals surface area contributed by atoms with Gasteiger partial charge in [-0.05, 0) is 51.6 Å². The van der Waals surface area contributed by atoms with Crippen molar-refractivity contribution in [3.63, 3.8) is 0 Å². The molecule has 166 valence electrons. The molecule has 0 amide bonds. The molecule has 0 aliphatic carbocycles. The second-order valence-electron chi connectivity index (χ2n) is 8.31. The number of hydrogen-bond acceptors (Lipinski definition) is 3. The van der Waals surface area contributed by atoms with E-state index in [-0.39, 0.29) is 0 Å². The van der Waals surface area contributed by atoms with Crippen LogP contribution in [0.3, 0.4) is 0 Å². The molecule has 0 unspecified atom stereocenters. The summed E-state index contributed by atoms with van der Waals surface area (Å²) >= 11 is 0. The lowest BCUT2D eigenvalue weighted by Gasteiger charge is -2.04. The lowest BCUT2D eigenvalue weighted by atomic mass is 10.1. The van der Waals surface area contributed by atoms with Crippen LogP contribution in [-0.4, -0.2) is 19.6 Å². The zero-order chi connectivity index (χ0) is 20.4. The van der Waals surface area contributed by atoms with Gasteiger partial charge in [-0.1, -0.05) is 108 Å². The standard InChI is InChI=1S/C25H50N2O/c1-2-3-4-5-6-7-8-9-10-11-12-13-14-15-16-17-18-19-20-21-23-26-24-22-25-27-28/h9-10,26H,2-8,11-25H2,1H3/b10-9-. The van der Waals surface area contributed by atoms with Crippen LogP contribution in [0.4, 0.5) is 0 Å². The molecule has 0 aromatic rings. The summed E-state index contributed by atoms with van der Waals surface area (Å²) in [5, 5.41) is 6.24. The van der Waals surface area contributed by atoms with Crippen molar-refractivity contribution in [3.8, 4) is 0 Å². The van der Waals surface area contributed by atoms with E-state index in [1.807, 2.05) is 0 Å². The number of rotatable bonds is 24. The number of nitroso groups, excluding NO2 is 1. The number of nitrogens with one attached hydrogen (secondary N) is 1. The number of nitrogens with zero attached hydrogens (tertiary/aromatic N) is 1. The average molecular weight is 395 g/mol. The van der Waals surface area contributed by atoms with Crippen LogP contribution in [0.5, 0.6) is 0 Å². The smallest absolute Gasteiger partial charge is 0.0823 e. The quantitative estimate of drug-likeness (QED) is 0.101. The molecule has 0 aromatic heterocycles. The summed E-state index contributed by atoms with van der Waals surface area (Å²) in [4.78, 5) is 9.95. The van der Waals surface area contributed by atoms with Crippen LogP contribution in [0.1, 0.15) is 129 Å². The summed E-state index contributed by atoms with van der Waals surface area (Å²) in [6.07, 6.45) is 30.6. The molecule has 0 radical (unpaired) electrons. The predicted octanol–water partition coefficient (Wildman–Crippen LogP) is 8.33. The molecule has 1 N–H and O–H groups in total. The topological polar surface area (TPSA) is 41.5 Å². The fraction of sp³-hybridized carbons (Fsp3) is 0.920. The highest BCUT2D eigenvalue weighted by molar-refractivity contribution is 4.81. The van der Waals surface area contributed by atoms with Crippen molar-refractivity contribution in [2.24, 2.45) is 5.18 Å². The first-order valence-electron chi connectivity index (χ1n) is 12.6. The molecule has 0 heterocycles. The summed E-state index contributed by atoms with van der Waals surface area (Å²) in [5.74, 6) is 0. The van der Waals surface area contributed by atoms with E-state index in [1.165, 1.54) is 116 Å². The third kappa shape index (κ3) is 25.3. The second-order valence-corrected chi connectivity index (χ2v) is 8.31. The van der Waals surface area contributed by atoms with Crippen molar-refractivity contribution < 1.29 is 0 Å². The Morgan fingerprint density at radius 2 is 1.00 bits per heavy atom. The van der Waals surface area contributed by atoms with Crippen LogP contribution in [0.2, 0.25) is 0 Å². The van der Waals surface area contributed by atoms with Gasteiger partial charge in [-0.15, -0.1) is 0 Å². The second kappa shape index (κ2) is 26.3. The van der Waals surface area contributed by atoms with Gasteiger partial charge in [0.1, 0.15) is 0 Å². The third-order valence-corrected chi connectivity index (χ3v) is 5.47. The number of allylic oxidation sites excluding steroid dienone is 2. The summed E-state index contributed by atoms with van der Waals surface area (Å²) in [6.45, 7) is 4.75. The van der Waals surface area contributed by atoms with E-state index in [1.54, 1.807) is 0 Å². The average Bonchev–Trinajstić information content (AvgIpc) is 2.71. The lowest BCUT2D eigenvalue weighted by molar-refractivity contribution is 0.539. The molecule has 0 saturated carbocycles. The van der Waals surface area contributed by atoms with Crippen LogP contribution in [0, 0.1) is 4.91 Å². The first-order valence-corrected chi connectivity index (χ1v) is 12.6. The van der Waals surface area contributed by atoms with Crippen molar-refractivity contribution in [3.05, 3.63) is 17.1 Å². The summed E-state index contributed by atoms with van der Waals surface area (Å²) in [5.41, 5.74) is 0. The molecule has 0 bridgehead atoms. The van der Waals surface area contributed by atoms with Crippen molar-refractivity contribution in [2.75, 3.05) is 19.6 Å². The van der Waals surface area contributed by atoms with E-state index in [0.717, 1.165) is 19.5 Å². The first-order chi connectivity index (χ1) is 13.9. The number of unbranched alkanes of at least 4 members (excludes halogenated alkanes) is 16. The molecule has 28 heavy (non-hydrogen) atoms. The van der Waals surface area contributed by atoms with Gasteiger partial charge in [0, 0.05) is 0 Å². The molecule has 0 saturated heterocycles. The minimum absolute atomic E-state index is 0.447. The molecule has 0 rings (SSSR count). The highest BCUT2D eigenvalue weighted by Gasteiger charge is 1.94. The Morgan fingerprint density at radius 3 is 1.50 bits per heavy atom. The largest absolute Gasteiger partial charge is 0.317 e. The molecular formula is C25H50N2O. The maximum atomic E-state index is 9.95. The Hall–Kier alpha value is -0.700. The fourth-order valence-electron chi connectivity index (χ4n) is 3.60. The van der Waals surface area contributed by atoms with Gasteiger partial charge in [-0.3, -0.25) is 0 Å². The third-order valence-electron chi connectivity index (χ3n) is 5.47. The van der Waals surface area contributed by atoms with Gasteiger partial charge in [0.05, 0.1) is 6.54 Å².